The van der Waals surface area contributed by atoms with Crippen molar-refractivity contribution in [1.82, 2.24) is 13.5 Å². The summed E-state index contributed by atoms with van der Waals surface area (Å²) in [6, 6.07) is 10.2. The van der Waals surface area contributed by atoms with E-state index in [1.54, 1.807) is 8.61 Å². The van der Waals surface area contributed by atoms with Crippen molar-refractivity contribution in [2.24, 2.45) is 0 Å². The Morgan fingerprint density at radius 3 is 2.12 bits per heavy atom. The van der Waals surface area contributed by atoms with Crippen LogP contribution < -0.4 is 0 Å². The van der Waals surface area contributed by atoms with E-state index in [-0.39, 0.29) is 0 Å². The minimum atomic E-state index is -3.25. The molecule has 0 aliphatic carbocycles. The Balaban J connectivity index is 1.48. The van der Waals surface area contributed by atoms with Gasteiger partial charge in [0.25, 0.3) is 10.2 Å². The summed E-state index contributed by atoms with van der Waals surface area (Å²) in [4.78, 5) is 2.31. The lowest BCUT2D eigenvalue weighted by Crippen LogP contribution is -2.53. The van der Waals surface area contributed by atoms with Gasteiger partial charge in [0, 0.05) is 45.8 Å². The second-order valence-electron chi connectivity index (χ2n) is 6.48. The topological polar surface area (TPSA) is 43.9 Å². The third-order valence-corrected chi connectivity index (χ3v) is 6.81. The highest BCUT2D eigenvalue weighted by Crippen LogP contribution is 2.18. The van der Waals surface area contributed by atoms with Gasteiger partial charge in [-0.2, -0.15) is 17.0 Å². The van der Waals surface area contributed by atoms with Gasteiger partial charge >= 0.3 is 0 Å². The maximum absolute atomic E-state index is 12.7. The third-order valence-electron chi connectivity index (χ3n) is 4.77. The van der Waals surface area contributed by atoms with Crippen molar-refractivity contribution in [3.8, 4) is 0 Å². The van der Waals surface area contributed by atoms with Crippen molar-refractivity contribution < 1.29 is 8.42 Å². The average molecular weight is 350 g/mol. The Bertz CT molecular complexity index is 631. The molecule has 5 nitrogen and oxygen atoms in total. The summed E-state index contributed by atoms with van der Waals surface area (Å²) in [5.41, 5.74) is 1.20. The van der Waals surface area contributed by atoms with Gasteiger partial charge in [-0.1, -0.05) is 48.9 Å². The summed E-state index contributed by atoms with van der Waals surface area (Å²) in [6.07, 6.45) is 7.40. The van der Waals surface area contributed by atoms with Crippen LogP contribution in [0.15, 0.2) is 36.4 Å². The number of rotatable bonds is 5. The Hall–Kier alpha value is -1.21. The van der Waals surface area contributed by atoms with Gasteiger partial charge < -0.3 is 0 Å². The zero-order chi connectivity index (χ0) is 16.8. The molecular formula is C18H27N3O2S. The van der Waals surface area contributed by atoms with Gasteiger partial charge in [-0.05, 0) is 18.4 Å². The van der Waals surface area contributed by atoms with E-state index in [0.717, 1.165) is 38.9 Å². The average Bonchev–Trinajstić information content (AvgIpc) is 2.64. The van der Waals surface area contributed by atoms with Crippen LogP contribution in [0.4, 0.5) is 0 Å². The molecule has 1 aromatic rings. The Kier molecular flexibility index (Phi) is 6.05. The van der Waals surface area contributed by atoms with E-state index in [1.807, 2.05) is 18.2 Å². The van der Waals surface area contributed by atoms with Crippen LogP contribution in [-0.4, -0.2) is 67.7 Å². The van der Waals surface area contributed by atoms with Gasteiger partial charge in [0.1, 0.15) is 0 Å². The van der Waals surface area contributed by atoms with Crippen LogP contribution in [-0.2, 0) is 10.2 Å². The van der Waals surface area contributed by atoms with Crippen LogP contribution >= 0.6 is 0 Å². The van der Waals surface area contributed by atoms with Crippen molar-refractivity contribution in [1.29, 1.82) is 0 Å². The molecule has 0 radical (unpaired) electrons. The molecule has 0 spiro atoms. The van der Waals surface area contributed by atoms with Crippen molar-refractivity contribution >= 4 is 16.3 Å². The lowest BCUT2D eigenvalue weighted by atomic mass is 10.2. The lowest BCUT2D eigenvalue weighted by Gasteiger charge is -2.37. The normalized spacial score (nSPS) is 22.2. The van der Waals surface area contributed by atoms with Crippen LogP contribution in [0.3, 0.4) is 0 Å². The fourth-order valence-electron chi connectivity index (χ4n) is 3.30. The SMILES string of the molecule is O=S(=O)(N1CCCCC1)N1CCN(C/C=C/c2ccccc2)CC1. The monoisotopic (exact) mass is 349 g/mol. The van der Waals surface area contributed by atoms with Crippen LogP contribution in [0.1, 0.15) is 24.8 Å². The Morgan fingerprint density at radius 2 is 1.46 bits per heavy atom. The highest BCUT2D eigenvalue weighted by atomic mass is 32.2. The van der Waals surface area contributed by atoms with Crippen molar-refractivity contribution in [3.63, 3.8) is 0 Å². The largest absolute Gasteiger partial charge is 0.297 e. The summed E-state index contributed by atoms with van der Waals surface area (Å²) in [6.45, 7) is 5.02. The van der Waals surface area contributed by atoms with Crippen molar-refractivity contribution in [2.75, 3.05) is 45.8 Å². The highest BCUT2D eigenvalue weighted by Gasteiger charge is 2.32. The third kappa shape index (κ3) is 4.45. The molecule has 0 atom stereocenters. The van der Waals surface area contributed by atoms with E-state index in [2.05, 4.69) is 29.2 Å². The summed E-state index contributed by atoms with van der Waals surface area (Å²) >= 11 is 0. The molecule has 1 aromatic carbocycles. The molecule has 0 amide bonds. The number of piperazine rings is 1. The number of nitrogens with zero attached hydrogens (tertiary/aromatic N) is 3. The van der Waals surface area contributed by atoms with E-state index in [0.29, 0.717) is 26.2 Å². The van der Waals surface area contributed by atoms with Gasteiger partial charge in [-0.3, -0.25) is 4.90 Å². The predicted octanol–water partition coefficient (Wildman–Crippen LogP) is 2.05. The summed E-state index contributed by atoms with van der Waals surface area (Å²) in [5, 5.41) is 0. The van der Waals surface area contributed by atoms with Crippen LogP contribution in [0, 0.1) is 0 Å². The van der Waals surface area contributed by atoms with E-state index < -0.39 is 10.2 Å². The van der Waals surface area contributed by atoms with Gasteiger partial charge in [0.2, 0.25) is 0 Å². The van der Waals surface area contributed by atoms with Crippen molar-refractivity contribution in [2.45, 2.75) is 19.3 Å². The van der Waals surface area contributed by atoms with Gasteiger partial charge in [0.05, 0.1) is 0 Å². The molecule has 2 fully saturated rings. The molecule has 0 unspecified atom stereocenters. The molecule has 2 saturated heterocycles. The van der Waals surface area contributed by atoms with E-state index in [4.69, 9.17) is 0 Å². The molecule has 6 heteroatoms. The van der Waals surface area contributed by atoms with Crippen LogP contribution in [0.5, 0.6) is 0 Å². The Morgan fingerprint density at radius 1 is 0.833 bits per heavy atom. The molecule has 24 heavy (non-hydrogen) atoms. The number of hydrogen-bond donors (Lipinski definition) is 0. The standard InChI is InChI=1S/C18H27N3O2S/c22-24(23,20-12-5-2-6-13-20)21-16-14-19(15-17-21)11-7-10-18-8-3-1-4-9-18/h1,3-4,7-10H,2,5-6,11-17H2/b10-7+. The fourth-order valence-corrected chi connectivity index (χ4v) is 4.97. The maximum Gasteiger partial charge on any atom is 0.282 e. The first kappa shape index (κ1) is 17.6. The van der Waals surface area contributed by atoms with Gasteiger partial charge in [0.15, 0.2) is 0 Å². The minimum absolute atomic E-state index is 0.595. The van der Waals surface area contributed by atoms with E-state index in [9.17, 15) is 8.42 Å². The van der Waals surface area contributed by atoms with Gasteiger partial charge in [-0.25, -0.2) is 0 Å². The quantitative estimate of drug-likeness (QED) is 0.817. The first-order chi connectivity index (χ1) is 11.7. The number of benzene rings is 1. The minimum Gasteiger partial charge on any atom is -0.297 e. The molecule has 2 heterocycles. The zero-order valence-corrected chi connectivity index (χ0v) is 15.0. The first-order valence-electron chi connectivity index (χ1n) is 8.85. The molecule has 2 aliphatic rings. The molecule has 0 N–H and O–H groups in total. The molecule has 3 rings (SSSR count). The highest BCUT2D eigenvalue weighted by molar-refractivity contribution is 7.86. The second-order valence-corrected chi connectivity index (χ2v) is 8.41. The zero-order valence-electron chi connectivity index (χ0n) is 14.2. The van der Waals surface area contributed by atoms with Crippen LogP contribution in [0.2, 0.25) is 0 Å². The first-order valence-corrected chi connectivity index (χ1v) is 10.2. The number of piperidine rings is 1. The smallest absolute Gasteiger partial charge is 0.282 e. The van der Waals surface area contributed by atoms with E-state index in [1.165, 1.54) is 5.56 Å². The molecule has 2 aliphatic heterocycles. The van der Waals surface area contributed by atoms with Crippen LogP contribution in [0.25, 0.3) is 6.08 Å². The van der Waals surface area contributed by atoms with Gasteiger partial charge in [-0.15, -0.1) is 0 Å². The Labute approximate surface area is 145 Å². The lowest BCUT2D eigenvalue weighted by molar-refractivity contribution is 0.193. The summed E-state index contributed by atoms with van der Waals surface area (Å²) in [7, 11) is -3.25. The molecule has 0 saturated carbocycles. The number of hydrogen-bond acceptors (Lipinski definition) is 3. The molecule has 0 aromatic heterocycles. The summed E-state index contributed by atoms with van der Waals surface area (Å²) in [5.74, 6) is 0. The second kappa shape index (κ2) is 8.25. The van der Waals surface area contributed by atoms with E-state index >= 15 is 0 Å². The fraction of sp³-hybridized carbons (Fsp3) is 0.556. The molecular weight excluding hydrogens is 322 g/mol. The summed E-state index contributed by atoms with van der Waals surface area (Å²) < 4.78 is 28.7. The molecule has 132 valence electrons. The molecule has 0 bridgehead atoms. The van der Waals surface area contributed by atoms with Crippen molar-refractivity contribution in [3.05, 3.63) is 42.0 Å². The predicted molar refractivity (Wildman–Crippen MR) is 97.8 cm³/mol. The maximum atomic E-state index is 12.7.